The van der Waals surface area contributed by atoms with Crippen LogP contribution in [-0.2, 0) is 4.79 Å². The minimum absolute atomic E-state index is 0.764. The van der Waals surface area contributed by atoms with E-state index in [1.807, 2.05) is 30.1 Å². The van der Waals surface area contributed by atoms with Crippen LogP contribution in [0.15, 0.2) is 35.4 Å². The molecule has 0 saturated carbocycles. The van der Waals surface area contributed by atoms with Gasteiger partial charge in [-0.05, 0) is 32.3 Å². The molecule has 0 aliphatic rings. The molecule has 0 N–H and O–H groups in total. The lowest BCUT2D eigenvalue weighted by atomic mass is 10.2. The number of hydrogen-bond donors (Lipinski definition) is 0. The molecule has 0 fully saturated rings. The van der Waals surface area contributed by atoms with Gasteiger partial charge in [0.15, 0.2) is 0 Å². The summed E-state index contributed by atoms with van der Waals surface area (Å²) in [6, 6.07) is 0. The first-order valence-corrected chi connectivity index (χ1v) is 6.95. The molecule has 0 aromatic heterocycles. The Morgan fingerprint density at radius 3 is 2.67 bits per heavy atom. The Labute approximate surface area is 116 Å². The molecule has 0 bridgehead atoms. The lowest BCUT2D eigenvalue weighted by Gasteiger charge is -2.15. The summed E-state index contributed by atoms with van der Waals surface area (Å²) in [6.07, 6.45) is 14.8. The van der Waals surface area contributed by atoms with Crippen LogP contribution in [0.3, 0.4) is 0 Å². The van der Waals surface area contributed by atoms with Crippen molar-refractivity contribution in [2.45, 2.75) is 39.5 Å². The van der Waals surface area contributed by atoms with Gasteiger partial charge >= 0.3 is 0 Å². The first-order chi connectivity index (χ1) is 8.74. The van der Waals surface area contributed by atoms with Gasteiger partial charge < -0.3 is 4.90 Å². The van der Waals surface area contributed by atoms with Crippen molar-refractivity contribution in [1.82, 2.24) is 4.90 Å². The Morgan fingerprint density at radius 1 is 1.28 bits per heavy atom. The van der Waals surface area contributed by atoms with E-state index >= 15 is 0 Å². The number of halogens is 1. The smallest absolute Gasteiger partial charge is 0.209 e. The van der Waals surface area contributed by atoms with Crippen molar-refractivity contribution in [3.8, 4) is 0 Å². The second kappa shape index (κ2) is 12.4. The van der Waals surface area contributed by atoms with Crippen molar-refractivity contribution in [3.63, 3.8) is 0 Å². The van der Waals surface area contributed by atoms with Crippen LogP contribution in [0.1, 0.15) is 39.5 Å². The molecule has 2 nitrogen and oxygen atoms in total. The normalized spacial score (nSPS) is 12.5. The number of carbonyl (C=O) groups excluding carboxylic acids is 1. The number of hydrogen-bond acceptors (Lipinski definition) is 1. The second-order valence-electron chi connectivity index (χ2n) is 4.08. The van der Waals surface area contributed by atoms with Gasteiger partial charge in [-0.3, -0.25) is 4.79 Å². The third-order valence-electron chi connectivity index (χ3n) is 2.47. The number of unbranched alkanes of at least 4 members (excludes halogenated alkanes) is 1. The molecular formula is C15H24ClNO. The Bertz CT molecular complexity index is 295. The highest BCUT2D eigenvalue weighted by atomic mass is 35.5. The maximum atomic E-state index is 10.8. The molecular weight excluding hydrogens is 246 g/mol. The van der Waals surface area contributed by atoms with E-state index in [-0.39, 0.29) is 0 Å². The number of amides is 1. The Kier molecular flexibility index (Phi) is 11.7. The highest BCUT2D eigenvalue weighted by Gasteiger charge is 1.97. The molecule has 0 rings (SSSR count). The number of allylic oxidation sites excluding steroid dienone is 5. The van der Waals surface area contributed by atoms with E-state index in [9.17, 15) is 4.79 Å². The van der Waals surface area contributed by atoms with Crippen LogP contribution in [-0.4, -0.2) is 24.4 Å². The number of rotatable bonds is 10. The number of carbonyl (C=O) groups is 1. The molecule has 0 aromatic rings. The van der Waals surface area contributed by atoms with Crippen molar-refractivity contribution >= 4 is 18.0 Å². The summed E-state index contributed by atoms with van der Waals surface area (Å²) < 4.78 is 0. The summed E-state index contributed by atoms with van der Waals surface area (Å²) in [7, 11) is 0. The van der Waals surface area contributed by atoms with Crippen molar-refractivity contribution in [2.75, 3.05) is 13.1 Å². The lowest BCUT2D eigenvalue weighted by molar-refractivity contribution is -0.118. The minimum Gasteiger partial charge on any atom is -0.345 e. The van der Waals surface area contributed by atoms with E-state index in [0.717, 1.165) is 50.2 Å². The highest BCUT2D eigenvalue weighted by molar-refractivity contribution is 6.31. The fourth-order valence-corrected chi connectivity index (χ4v) is 1.66. The lowest BCUT2D eigenvalue weighted by Crippen LogP contribution is -2.23. The van der Waals surface area contributed by atoms with E-state index in [2.05, 4.69) is 19.1 Å². The molecule has 0 aromatic carbocycles. The van der Waals surface area contributed by atoms with Crippen LogP contribution < -0.4 is 0 Å². The summed E-state index contributed by atoms with van der Waals surface area (Å²) in [5.41, 5.74) is 0. The molecule has 1 amide bonds. The fraction of sp³-hybridized carbons (Fsp3) is 0.533. The zero-order valence-electron chi connectivity index (χ0n) is 11.4. The molecule has 0 heterocycles. The van der Waals surface area contributed by atoms with Gasteiger partial charge in [0.1, 0.15) is 0 Å². The maximum Gasteiger partial charge on any atom is 0.209 e. The molecule has 3 heteroatoms. The van der Waals surface area contributed by atoms with Gasteiger partial charge in [0.2, 0.25) is 6.41 Å². The maximum absolute atomic E-state index is 10.8. The molecule has 0 atom stereocenters. The van der Waals surface area contributed by atoms with Gasteiger partial charge in [-0.1, -0.05) is 49.2 Å². The molecule has 0 saturated heterocycles. The largest absolute Gasteiger partial charge is 0.345 e. The van der Waals surface area contributed by atoms with Crippen LogP contribution in [0.2, 0.25) is 0 Å². The van der Waals surface area contributed by atoms with E-state index < -0.39 is 0 Å². The van der Waals surface area contributed by atoms with Gasteiger partial charge in [0.05, 0.1) is 0 Å². The first-order valence-electron chi connectivity index (χ1n) is 6.57. The zero-order valence-corrected chi connectivity index (χ0v) is 12.2. The molecule has 18 heavy (non-hydrogen) atoms. The van der Waals surface area contributed by atoms with E-state index in [4.69, 9.17) is 11.6 Å². The number of nitrogens with zero attached hydrogens (tertiary/aromatic N) is 1. The standard InChI is InChI=1S/C15H24ClNO/c1-3-5-12-17(14-18)13-9-7-6-8-11-15(16)10-4-2/h4,6-7,10-11,14H,3,5,8-9,12-13H2,1-2H3/b7-6+,10-4-,15-11+. The summed E-state index contributed by atoms with van der Waals surface area (Å²) in [5, 5.41) is 0.764. The first kappa shape index (κ1) is 17.0. The quantitative estimate of drug-likeness (QED) is 0.329. The molecule has 0 radical (unpaired) electrons. The van der Waals surface area contributed by atoms with Crippen molar-refractivity contribution < 1.29 is 4.79 Å². The predicted octanol–water partition coefficient (Wildman–Crippen LogP) is 4.28. The SMILES string of the molecule is C/C=C\C(Cl)=C/C/C=C/CCN(C=O)CCCC. The molecule has 0 unspecified atom stereocenters. The summed E-state index contributed by atoms with van der Waals surface area (Å²) in [6.45, 7) is 5.73. The average Bonchev–Trinajstić information content (AvgIpc) is 2.37. The fourth-order valence-electron chi connectivity index (χ4n) is 1.44. The summed E-state index contributed by atoms with van der Waals surface area (Å²) in [5.74, 6) is 0. The van der Waals surface area contributed by atoms with Gasteiger partial charge in [-0.15, -0.1) is 0 Å². The monoisotopic (exact) mass is 269 g/mol. The Morgan fingerprint density at radius 2 is 2.06 bits per heavy atom. The Hall–Kier alpha value is -1.02. The van der Waals surface area contributed by atoms with Crippen molar-refractivity contribution in [3.05, 3.63) is 35.4 Å². The molecule has 102 valence electrons. The van der Waals surface area contributed by atoms with E-state index in [1.165, 1.54) is 0 Å². The van der Waals surface area contributed by atoms with Crippen molar-refractivity contribution in [2.24, 2.45) is 0 Å². The van der Waals surface area contributed by atoms with Crippen LogP contribution in [0.25, 0.3) is 0 Å². The van der Waals surface area contributed by atoms with Crippen molar-refractivity contribution in [1.29, 1.82) is 0 Å². The van der Waals surface area contributed by atoms with Crippen LogP contribution >= 0.6 is 11.6 Å². The van der Waals surface area contributed by atoms with E-state index in [1.54, 1.807) is 0 Å². The average molecular weight is 270 g/mol. The van der Waals surface area contributed by atoms with Gasteiger partial charge in [0, 0.05) is 18.1 Å². The molecule has 0 aliphatic heterocycles. The van der Waals surface area contributed by atoms with Crippen LogP contribution in [0.5, 0.6) is 0 Å². The van der Waals surface area contributed by atoms with Crippen LogP contribution in [0.4, 0.5) is 0 Å². The Balaban J connectivity index is 3.75. The topological polar surface area (TPSA) is 20.3 Å². The minimum atomic E-state index is 0.764. The predicted molar refractivity (Wildman–Crippen MR) is 79.7 cm³/mol. The molecule has 0 spiro atoms. The van der Waals surface area contributed by atoms with Gasteiger partial charge in [-0.25, -0.2) is 0 Å². The summed E-state index contributed by atoms with van der Waals surface area (Å²) in [4.78, 5) is 12.6. The third kappa shape index (κ3) is 10.2. The third-order valence-corrected chi connectivity index (χ3v) is 2.75. The zero-order chi connectivity index (χ0) is 13.6. The molecule has 0 aliphatic carbocycles. The summed E-state index contributed by atoms with van der Waals surface area (Å²) >= 11 is 5.91. The van der Waals surface area contributed by atoms with E-state index in [0.29, 0.717) is 0 Å². The van der Waals surface area contributed by atoms with Crippen LogP contribution in [0, 0.1) is 0 Å². The second-order valence-corrected chi connectivity index (χ2v) is 4.52. The van der Waals surface area contributed by atoms with Gasteiger partial charge in [-0.2, -0.15) is 0 Å². The highest BCUT2D eigenvalue weighted by Crippen LogP contribution is 2.05. The van der Waals surface area contributed by atoms with Gasteiger partial charge in [0.25, 0.3) is 0 Å².